The van der Waals surface area contributed by atoms with E-state index in [0.29, 0.717) is 0 Å². The monoisotopic (exact) mass is 230 g/mol. The van der Waals surface area contributed by atoms with Crippen molar-refractivity contribution >= 4 is 28.8 Å². The first-order valence-corrected chi connectivity index (χ1v) is 5.95. The maximum Gasteiger partial charge on any atom is 0.0937 e. The number of nitrogens with zero attached hydrogens (tertiary/aromatic N) is 1. The zero-order valence-corrected chi connectivity index (χ0v) is 9.87. The summed E-state index contributed by atoms with van der Waals surface area (Å²) in [6.45, 7) is 2.87. The van der Waals surface area contributed by atoms with E-state index in [2.05, 4.69) is 11.9 Å². The summed E-state index contributed by atoms with van der Waals surface area (Å²) in [5.41, 5.74) is 5.68. The van der Waals surface area contributed by atoms with Crippen molar-refractivity contribution in [2.75, 3.05) is 6.54 Å². The van der Waals surface area contributed by atoms with E-state index < -0.39 is 0 Å². The lowest BCUT2D eigenvalue weighted by Gasteiger charge is -1.97. The van der Waals surface area contributed by atoms with Crippen LogP contribution in [0, 0.1) is 0 Å². The minimum absolute atomic E-state index is 0.759. The number of hydrogen-bond acceptors (Lipinski definition) is 2. The predicted molar refractivity (Wildman–Crippen MR) is 64.4 cm³/mol. The van der Waals surface area contributed by atoms with Gasteiger partial charge >= 0.3 is 0 Å². The van der Waals surface area contributed by atoms with Crippen molar-refractivity contribution in [1.82, 2.24) is 0 Å². The summed E-state index contributed by atoms with van der Waals surface area (Å²) in [7, 11) is 0. The van der Waals surface area contributed by atoms with Gasteiger partial charge < -0.3 is 5.73 Å². The fourth-order valence-electron chi connectivity index (χ4n) is 1.13. The van der Waals surface area contributed by atoms with Crippen LogP contribution >= 0.6 is 22.9 Å². The summed E-state index contributed by atoms with van der Waals surface area (Å²) in [5, 5.41) is 0. The van der Waals surface area contributed by atoms with Gasteiger partial charge in [0.2, 0.25) is 0 Å². The first kappa shape index (κ1) is 11.5. The quantitative estimate of drug-likeness (QED) is 0.613. The molecule has 2 N–H and O–H groups in total. The minimum Gasteiger partial charge on any atom is -0.387 e. The van der Waals surface area contributed by atoms with Crippen molar-refractivity contribution in [3.8, 4) is 0 Å². The molecule has 1 rings (SSSR count). The lowest BCUT2D eigenvalue weighted by Crippen LogP contribution is -2.11. The summed E-state index contributed by atoms with van der Waals surface area (Å²) in [6.07, 6.45) is 2.88. The summed E-state index contributed by atoms with van der Waals surface area (Å²) < 4.78 is 0.838. The SMILES string of the molecule is CCCC(N)=NCCc1ccc(Cl)s1. The van der Waals surface area contributed by atoms with Gasteiger partial charge in [-0.2, -0.15) is 0 Å². The zero-order chi connectivity index (χ0) is 10.4. The molecule has 14 heavy (non-hydrogen) atoms. The number of rotatable bonds is 5. The second-order valence-corrected chi connectivity index (χ2v) is 4.88. The standard InChI is InChI=1S/C10H15ClN2S/c1-2-3-10(12)13-7-6-8-4-5-9(11)14-8/h4-5H,2-3,6-7H2,1H3,(H2,12,13). The summed E-state index contributed by atoms with van der Waals surface area (Å²) in [4.78, 5) is 5.54. The van der Waals surface area contributed by atoms with Crippen LogP contribution in [0.3, 0.4) is 0 Å². The van der Waals surface area contributed by atoms with E-state index in [1.165, 1.54) is 4.88 Å². The molecule has 0 fully saturated rings. The molecule has 0 aliphatic carbocycles. The molecule has 0 aliphatic rings. The van der Waals surface area contributed by atoms with E-state index in [0.717, 1.165) is 36.0 Å². The second-order valence-electron chi connectivity index (χ2n) is 3.08. The molecule has 0 bridgehead atoms. The van der Waals surface area contributed by atoms with Crippen LogP contribution in [0.1, 0.15) is 24.6 Å². The van der Waals surface area contributed by atoms with Crippen LogP contribution in [-0.4, -0.2) is 12.4 Å². The topological polar surface area (TPSA) is 38.4 Å². The van der Waals surface area contributed by atoms with E-state index >= 15 is 0 Å². The molecule has 1 aromatic rings. The van der Waals surface area contributed by atoms with Crippen LogP contribution in [0.25, 0.3) is 0 Å². The van der Waals surface area contributed by atoms with E-state index in [4.69, 9.17) is 17.3 Å². The average molecular weight is 231 g/mol. The van der Waals surface area contributed by atoms with Gasteiger partial charge in [0.25, 0.3) is 0 Å². The Morgan fingerprint density at radius 2 is 2.36 bits per heavy atom. The van der Waals surface area contributed by atoms with Crippen LogP contribution in [-0.2, 0) is 6.42 Å². The Balaban J connectivity index is 2.31. The molecule has 1 aromatic heterocycles. The minimum atomic E-state index is 0.759. The van der Waals surface area contributed by atoms with E-state index in [1.54, 1.807) is 11.3 Å². The third kappa shape index (κ3) is 4.11. The van der Waals surface area contributed by atoms with E-state index in [9.17, 15) is 0 Å². The van der Waals surface area contributed by atoms with Gasteiger partial charge in [-0.05, 0) is 18.6 Å². The Morgan fingerprint density at radius 3 is 2.93 bits per heavy atom. The molecule has 78 valence electrons. The van der Waals surface area contributed by atoms with Crippen molar-refractivity contribution in [2.24, 2.45) is 10.7 Å². The van der Waals surface area contributed by atoms with Gasteiger partial charge in [0.05, 0.1) is 10.2 Å². The lowest BCUT2D eigenvalue weighted by atomic mass is 10.3. The number of nitrogens with two attached hydrogens (primary N) is 1. The molecular weight excluding hydrogens is 216 g/mol. The molecule has 2 nitrogen and oxygen atoms in total. The number of hydrogen-bond donors (Lipinski definition) is 1. The zero-order valence-electron chi connectivity index (χ0n) is 8.29. The third-order valence-corrected chi connectivity index (χ3v) is 3.10. The predicted octanol–water partition coefficient (Wildman–Crippen LogP) is 3.10. The van der Waals surface area contributed by atoms with Crippen LogP contribution in [0.5, 0.6) is 0 Å². The molecule has 0 aromatic carbocycles. The Labute approximate surface area is 93.8 Å². The van der Waals surface area contributed by atoms with Gasteiger partial charge in [0, 0.05) is 24.3 Å². The van der Waals surface area contributed by atoms with Gasteiger partial charge in [0.15, 0.2) is 0 Å². The van der Waals surface area contributed by atoms with Crippen molar-refractivity contribution in [3.05, 3.63) is 21.3 Å². The van der Waals surface area contributed by atoms with Crippen molar-refractivity contribution < 1.29 is 0 Å². The molecule has 0 radical (unpaired) electrons. The number of halogens is 1. The van der Waals surface area contributed by atoms with Crippen LogP contribution in [0.15, 0.2) is 17.1 Å². The Hall–Kier alpha value is -0.540. The van der Waals surface area contributed by atoms with Gasteiger partial charge in [-0.3, -0.25) is 4.99 Å². The van der Waals surface area contributed by atoms with Gasteiger partial charge in [0.1, 0.15) is 0 Å². The molecule has 0 amide bonds. The number of amidine groups is 1. The molecule has 0 unspecified atom stereocenters. The summed E-state index contributed by atoms with van der Waals surface area (Å²) in [5.74, 6) is 0.759. The highest BCUT2D eigenvalue weighted by Gasteiger charge is 1.97. The van der Waals surface area contributed by atoms with Crippen molar-refractivity contribution in [3.63, 3.8) is 0 Å². The van der Waals surface area contributed by atoms with Crippen LogP contribution in [0.4, 0.5) is 0 Å². The first-order valence-electron chi connectivity index (χ1n) is 4.75. The Bertz CT molecular complexity index is 307. The highest BCUT2D eigenvalue weighted by Crippen LogP contribution is 2.21. The third-order valence-electron chi connectivity index (χ3n) is 1.81. The summed E-state index contributed by atoms with van der Waals surface area (Å²) in [6, 6.07) is 3.96. The average Bonchev–Trinajstić information content (AvgIpc) is 2.52. The van der Waals surface area contributed by atoms with Gasteiger partial charge in [-0.25, -0.2) is 0 Å². The maximum atomic E-state index is 5.81. The first-order chi connectivity index (χ1) is 6.72. The normalized spacial score (nSPS) is 12.0. The fraction of sp³-hybridized carbons (Fsp3) is 0.500. The van der Waals surface area contributed by atoms with E-state index in [1.807, 2.05) is 12.1 Å². The second kappa shape index (κ2) is 6.04. The number of aliphatic imine (C=N–C) groups is 1. The highest BCUT2D eigenvalue weighted by atomic mass is 35.5. The van der Waals surface area contributed by atoms with Gasteiger partial charge in [-0.15, -0.1) is 11.3 Å². The molecule has 0 saturated heterocycles. The Morgan fingerprint density at radius 1 is 1.57 bits per heavy atom. The highest BCUT2D eigenvalue weighted by molar-refractivity contribution is 7.16. The Kier molecular flexibility index (Phi) is 4.98. The molecule has 0 aliphatic heterocycles. The molecule has 0 saturated carbocycles. The van der Waals surface area contributed by atoms with Crippen LogP contribution in [0.2, 0.25) is 4.34 Å². The smallest absolute Gasteiger partial charge is 0.0937 e. The van der Waals surface area contributed by atoms with Crippen molar-refractivity contribution in [2.45, 2.75) is 26.2 Å². The van der Waals surface area contributed by atoms with Crippen LogP contribution < -0.4 is 5.73 Å². The summed E-state index contributed by atoms with van der Waals surface area (Å²) >= 11 is 7.42. The number of thiophene rings is 1. The van der Waals surface area contributed by atoms with Crippen molar-refractivity contribution in [1.29, 1.82) is 0 Å². The fourth-order valence-corrected chi connectivity index (χ4v) is 2.21. The van der Waals surface area contributed by atoms with E-state index in [-0.39, 0.29) is 0 Å². The molecule has 0 spiro atoms. The lowest BCUT2D eigenvalue weighted by molar-refractivity contribution is 0.935. The maximum absolute atomic E-state index is 5.81. The molecule has 0 atom stereocenters. The van der Waals surface area contributed by atoms with Gasteiger partial charge in [-0.1, -0.05) is 18.5 Å². The molecular formula is C10H15ClN2S. The molecule has 1 heterocycles. The largest absolute Gasteiger partial charge is 0.387 e. The molecule has 4 heteroatoms.